The molecule has 0 unspecified atom stereocenters. The fourth-order valence-electron chi connectivity index (χ4n) is 1.55. The van der Waals surface area contributed by atoms with Crippen LogP contribution >= 0.6 is 0 Å². The molecule has 0 saturated heterocycles. The first-order valence-electron chi connectivity index (χ1n) is 5.36. The van der Waals surface area contributed by atoms with Crippen molar-refractivity contribution in [3.05, 3.63) is 0 Å². The number of hydrogen-bond acceptors (Lipinski definition) is 5. The molecule has 0 saturated carbocycles. The van der Waals surface area contributed by atoms with Gasteiger partial charge >= 0.3 is 8.80 Å². The minimum Gasteiger partial charge on any atom is -0.377 e. The molecule has 0 spiro atoms. The minimum absolute atomic E-state index is 0.253. The van der Waals surface area contributed by atoms with Crippen molar-refractivity contribution in [2.45, 2.75) is 26.3 Å². The highest BCUT2D eigenvalue weighted by Gasteiger charge is 2.37. The van der Waals surface area contributed by atoms with Crippen molar-refractivity contribution in [3.63, 3.8) is 0 Å². The Kier molecular flexibility index (Phi) is 7.20. The lowest BCUT2D eigenvalue weighted by Gasteiger charge is -2.25. The fraction of sp³-hybridized carbons (Fsp3) is 0.800. The summed E-state index contributed by atoms with van der Waals surface area (Å²) in [5, 5.41) is 0. The predicted octanol–water partition coefficient (Wildman–Crippen LogP) is 0.650. The Morgan fingerprint density at radius 2 is 1.41 bits per heavy atom. The normalized spacial score (nSPS) is 11.4. The number of amides is 2. The van der Waals surface area contributed by atoms with E-state index in [1.807, 2.05) is 0 Å². The van der Waals surface area contributed by atoms with E-state index in [0.717, 1.165) is 0 Å². The van der Waals surface area contributed by atoms with Crippen LogP contribution in [-0.2, 0) is 22.9 Å². The van der Waals surface area contributed by atoms with Crippen LogP contribution in [-0.4, -0.2) is 53.4 Å². The van der Waals surface area contributed by atoms with E-state index in [1.165, 1.54) is 40.1 Å². The summed E-state index contributed by atoms with van der Waals surface area (Å²) in [5.41, 5.74) is 0. The standard InChI is InChI=1S/C10H21NO5Si/c1-9(12)11(10(2)13)7-6-8-17(14-3,15-4)16-5/h6-8H2,1-5H3. The van der Waals surface area contributed by atoms with Crippen LogP contribution in [0.25, 0.3) is 0 Å². The molecule has 0 radical (unpaired) electrons. The Balaban J connectivity index is 4.28. The summed E-state index contributed by atoms with van der Waals surface area (Å²) >= 11 is 0. The van der Waals surface area contributed by atoms with E-state index in [1.54, 1.807) is 0 Å². The van der Waals surface area contributed by atoms with Gasteiger partial charge in [-0.05, 0) is 6.42 Å². The highest BCUT2D eigenvalue weighted by molar-refractivity contribution is 6.60. The molecule has 0 aliphatic heterocycles. The molecule has 0 aromatic heterocycles. The van der Waals surface area contributed by atoms with Crippen LogP contribution in [0.2, 0.25) is 6.04 Å². The molecule has 0 aliphatic carbocycles. The van der Waals surface area contributed by atoms with Crippen LogP contribution in [0.1, 0.15) is 20.3 Å². The second-order valence-electron chi connectivity index (χ2n) is 3.59. The van der Waals surface area contributed by atoms with E-state index in [9.17, 15) is 9.59 Å². The van der Waals surface area contributed by atoms with Gasteiger partial charge in [0.15, 0.2) is 0 Å². The average molecular weight is 263 g/mol. The van der Waals surface area contributed by atoms with Gasteiger partial charge in [0, 0.05) is 47.8 Å². The molecular weight excluding hydrogens is 242 g/mol. The van der Waals surface area contributed by atoms with E-state index in [-0.39, 0.29) is 11.8 Å². The number of hydrogen-bond donors (Lipinski definition) is 0. The monoisotopic (exact) mass is 263 g/mol. The third-order valence-corrected chi connectivity index (χ3v) is 5.39. The van der Waals surface area contributed by atoms with Crippen molar-refractivity contribution >= 4 is 20.6 Å². The Labute approximate surface area is 103 Å². The minimum atomic E-state index is -2.60. The van der Waals surface area contributed by atoms with Gasteiger partial charge < -0.3 is 13.3 Å². The number of rotatable bonds is 7. The molecule has 7 heteroatoms. The summed E-state index contributed by atoms with van der Waals surface area (Å²) < 4.78 is 15.7. The molecule has 0 aromatic rings. The molecule has 0 heterocycles. The number of nitrogens with zero attached hydrogens (tertiary/aromatic N) is 1. The lowest BCUT2D eigenvalue weighted by molar-refractivity contribution is -0.142. The molecule has 0 atom stereocenters. The predicted molar refractivity (Wildman–Crippen MR) is 64.3 cm³/mol. The lowest BCUT2D eigenvalue weighted by atomic mass is 10.4. The van der Waals surface area contributed by atoms with Crippen LogP contribution < -0.4 is 0 Å². The van der Waals surface area contributed by atoms with E-state index >= 15 is 0 Å². The number of imide groups is 1. The van der Waals surface area contributed by atoms with Gasteiger partial charge in [0.05, 0.1) is 0 Å². The van der Waals surface area contributed by atoms with Crippen molar-refractivity contribution in [2.75, 3.05) is 27.9 Å². The molecule has 100 valence electrons. The van der Waals surface area contributed by atoms with Crippen LogP contribution in [0, 0.1) is 0 Å². The molecular formula is C10H21NO5Si. The summed E-state index contributed by atoms with van der Waals surface area (Å²) in [7, 11) is 2.00. The topological polar surface area (TPSA) is 65.1 Å². The zero-order valence-electron chi connectivity index (χ0n) is 11.1. The maximum Gasteiger partial charge on any atom is 0.500 e. The summed E-state index contributed by atoms with van der Waals surface area (Å²) in [4.78, 5) is 23.5. The van der Waals surface area contributed by atoms with E-state index in [0.29, 0.717) is 19.0 Å². The van der Waals surface area contributed by atoms with Crippen molar-refractivity contribution in [3.8, 4) is 0 Å². The van der Waals surface area contributed by atoms with Crippen LogP contribution in [0.3, 0.4) is 0 Å². The third kappa shape index (κ3) is 4.94. The number of carbonyl (C=O) groups is 2. The Morgan fingerprint density at radius 3 is 1.71 bits per heavy atom. The molecule has 0 aliphatic rings. The largest absolute Gasteiger partial charge is 0.500 e. The van der Waals surface area contributed by atoms with Crippen molar-refractivity contribution in [1.82, 2.24) is 4.90 Å². The molecule has 6 nitrogen and oxygen atoms in total. The summed E-state index contributed by atoms with van der Waals surface area (Å²) in [6.07, 6.45) is 0.598. The van der Waals surface area contributed by atoms with Gasteiger partial charge in [-0.15, -0.1) is 0 Å². The average Bonchev–Trinajstić information content (AvgIpc) is 2.29. The molecule has 0 fully saturated rings. The van der Waals surface area contributed by atoms with Crippen molar-refractivity contribution in [2.24, 2.45) is 0 Å². The smallest absolute Gasteiger partial charge is 0.377 e. The van der Waals surface area contributed by atoms with Gasteiger partial charge in [0.1, 0.15) is 0 Å². The summed E-state index contributed by atoms with van der Waals surface area (Å²) in [5.74, 6) is -0.506. The van der Waals surface area contributed by atoms with Gasteiger partial charge in [-0.2, -0.15) is 0 Å². The summed E-state index contributed by atoms with van der Waals surface area (Å²) in [6.45, 7) is 3.10. The first kappa shape index (κ1) is 16.2. The lowest BCUT2D eigenvalue weighted by Crippen LogP contribution is -2.44. The Bertz CT molecular complexity index is 245. The number of carbonyl (C=O) groups excluding carboxylic acids is 2. The fourth-order valence-corrected chi connectivity index (χ4v) is 3.25. The molecule has 0 N–H and O–H groups in total. The molecule has 17 heavy (non-hydrogen) atoms. The second-order valence-corrected chi connectivity index (χ2v) is 6.68. The van der Waals surface area contributed by atoms with Crippen LogP contribution in [0.4, 0.5) is 0 Å². The van der Waals surface area contributed by atoms with E-state index in [2.05, 4.69) is 0 Å². The van der Waals surface area contributed by atoms with Crippen LogP contribution in [0.15, 0.2) is 0 Å². The molecule has 0 rings (SSSR count). The van der Waals surface area contributed by atoms with Gasteiger partial charge in [0.25, 0.3) is 0 Å². The first-order valence-corrected chi connectivity index (χ1v) is 7.29. The zero-order chi connectivity index (χ0) is 13.5. The van der Waals surface area contributed by atoms with Crippen LogP contribution in [0.5, 0.6) is 0 Å². The highest BCUT2D eigenvalue weighted by Crippen LogP contribution is 2.15. The third-order valence-electron chi connectivity index (χ3n) is 2.56. The Morgan fingerprint density at radius 1 is 1.00 bits per heavy atom. The van der Waals surface area contributed by atoms with E-state index < -0.39 is 8.80 Å². The molecule has 2 amide bonds. The maximum atomic E-state index is 11.2. The molecule has 0 aromatic carbocycles. The summed E-state index contributed by atoms with van der Waals surface area (Å²) in [6, 6.07) is 0.563. The van der Waals surface area contributed by atoms with Gasteiger partial charge in [0.2, 0.25) is 11.8 Å². The van der Waals surface area contributed by atoms with Gasteiger partial charge in [-0.1, -0.05) is 0 Å². The second kappa shape index (κ2) is 7.54. The quantitative estimate of drug-likeness (QED) is 0.631. The zero-order valence-corrected chi connectivity index (χ0v) is 12.1. The van der Waals surface area contributed by atoms with E-state index in [4.69, 9.17) is 13.3 Å². The van der Waals surface area contributed by atoms with Crippen molar-refractivity contribution < 1.29 is 22.9 Å². The van der Waals surface area contributed by atoms with Crippen molar-refractivity contribution in [1.29, 1.82) is 0 Å². The maximum absolute atomic E-state index is 11.2. The van der Waals surface area contributed by atoms with Gasteiger partial charge in [-0.25, -0.2) is 0 Å². The Hall–Kier alpha value is -0.763. The van der Waals surface area contributed by atoms with Gasteiger partial charge in [-0.3, -0.25) is 14.5 Å². The molecule has 0 bridgehead atoms. The SMILES string of the molecule is CO[Si](CCCN(C(C)=O)C(C)=O)(OC)OC. The first-order chi connectivity index (χ1) is 7.92. The highest BCUT2D eigenvalue weighted by atomic mass is 28.4.